The number of halogens is 1. The number of rotatable bonds is 4. The Morgan fingerprint density at radius 2 is 2.17 bits per heavy atom. The van der Waals surface area contributed by atoms with Gasteiger partial charge in [-0.3, -0.25) is 4.79 Å². The smallest absolute Gasteiger partial charge is 0.262 e. The maximum Gasteiger partial charge on any atom is 0.262 e. The third-order valence-electron chi connectivity index (χ3n) is 3.55. The molecule has 5 nitrogen and oxygen atoms in total. The van der Waals surface area contributed by atoms with E-state index in [0.29, 0.717) is 10.7 Å². The molecule has 0 fully saturated rings. The summed E-state index contributed by atoms with van der Waals surface area (Å²) < 4.78 is 0. The molecule has 2 N–H and O–H groups in total. The molecule has 3 aromatic rings. The standard InChI is InChI=1S/C18H13ClN4O/c19-16-6-2-1-4-12(16)10-23-18(24)13(9-20)8-14-11-22-17-15(14)5-3-7-21-17/h1-8,11H,10H2,(H,21,22)(H,23,24)/b13-8+. The minimum atomic E-state index is -0.448. The van der Waals surface area contributed by atoms with Gasteiger partial charge < -0.3 is 10.3 Å². The van der Waals surface area contributed by atoms with Crippen molar-refractivity contribution < 1.29 is 4.79 Å². The minimum absolute atomic E-state index is 0.0202. The molecule has 0 unspecified atom stereocenters. The number of benzene rings is 1. The van der Waals surface area contributed by atoms with E-state index >= 15 is 0 Å². The molecule has 0 aliphatic heterocycles. The van der Waals surface area contributed by atoms with Crippen molar-refractivity contribution in [1.29, 1.82) is 5.26 Å². The van der Waals surface area contributed by atoms with E-state index in [1.165, 1.54) is 0 Å². The van der Waals surface area contributed by atoms with Gasteiger partial charge in [-0.15, -0.1) is 0 Å². The van der Waals surface area contributed by atoms with E-state index in [-0.39, 0.29) is 12.1 Å². The van der Waals surface area contributed by atoms with Crippen molar-refractivity contribution in [3.8, 4) is 6.07 Å². The molecule has 0 atom stereocenters. The summed E-state index contributed by atoms with van der Waals surface area (Å²) in [5, 5.41) is 13.4. The molecule has 0 bridgehead atoms. The van der Waals surface area contributed by atoms with Gasteiger partial charge in [0.2, 0.25) is 0 Å². The summed E-state index contributed by atoms with van der Waals surface area (Å²) in [5.41, 5.74) is 2.26. The van der Waals surface area contributed by atoms with Gasteiger partial charge in [-0.2, -0.15) is 5.26 Å². The average Bonchev–Trinajstić information content (AvgIpc) is 3.01. The molecule has 2 heterocycles. The van der Waals surface area contributed by atoms with Crippen molar-refractivity contribution >= 4 is 34.6 Å². The maximum atomic E-state index is 12.3. The lowest BCUT2D eigenvalue weighted by atomic mass is 10.1. The van der Waals surface area contributed by atoms with Gasteiger partial charge in [0.1, 0.15) is 17.3 Å². The van der Waals surface area contributed by atoms with Crippen LogP contribution < -0.4 is 5.32 Å². The van der Waals surface area contributed by atoms with Gasteiger partial charge in [-0.1, -0.05) is 29.8 Å². The van der Waals surface area contributed by atoms with Crippen molar-refractivity contribution in [3.63, 3.8) is 0 Å². The third-order valence-corrected chi connectivity index (χ3v) is 3.91. The molecule has 24 heavy (non-hydrogen) atoms. The van der Waals surface area contributed by atoms with Crippen molar-refractivity contribution in [3.05, 3.63) is 70.5 Å². The summed E-state index contributed by atoms with van der Waals surface area (Å²) in [6.07, 6.45) is 4.94. The molecular weight excluding hydrogens is 324 g/mol. The van der Waals surface area contributed by atoms with Gasteiger partial charge >= 0.3 is 0 Å². The SMILES string of the molecule is N#C/C(=C\c1c[nH]c2ncccc12)C(=O)NCc1ccccc1Cl. The van der Waals surface area contributed by atoms with Crippen LogP contribution in [0.3, 0.4) is 0 Å². The van der Waals surface area contributed by atoms with E-state index < -0.39 is 5.91 Å². The van der Waals surface area contributed by atoms with Crippen molar-refractivity contribution in [1.82, 2.24) is 15.3 Å². The second kappa shape index (κ2) is 6.99. The summed E-state index contributed by atoms with van der Waals surface area (Å²) in [6, 6.07) is 12.9. The largest absolute Gasteiger partial charge is 0.347 e. The van der Waals surface area contributed by atoms with E-state index in [9.17, 15) is 10.1 Å². The molecule has 0 spiro atoms. The van der Waals surface area contributed by atoms with E-state index in [2.05, 4.69) is 15.3 Å². The Kier molecular flexibility index (Phi) is 4.59. The number of hydrogen-bond acceptors (Lipinski definition) is 3. The fourth-order valence-corrected chi connectivity index (χ4v) is 2.52. The summed E-state index contributed by atoms with van der Waals surface area (Å²) in [4.78, 5) is 19.4. The number of carbonyl (C=O) groups excluding carboxylic acids is 1. The molecule has 1 aromatic carbocycles. The van der Waals surface area contributed by atoms with Crippen LogP contribution in [0.25, 0.3) is 17.1 Å². The zero-order valence-electron chi connectivity index (χ0n) is 12.6. The first-order chi connectivity index (χ1) is 11.7. The molecule has 118 valence electrons. The van der Waals surface area contributed by atoms with Gasteiger partial charge in [0, 0.05) is 34.9 Å². The third kappa shape index (κ3) is 3.29. The topological polar surface area (TPSA) is 81.6 Å². The summed E-state index contributed by atoms with van der Waals surface area (Å²) in [6.45, 7) is 0.257. The van der Waals surface area contributed by atoms with Crippen LogP contribution in [0, 0.1) is 11.3 Å². The van der Waals surface area contributed by atoms with E-state index in [1.54, 1.807) is 30.6 Å². The van der Waals surface area contributed by atoms with E-state index in [0.717, 1.165) is 16.5 Å². The Morgan fingerprint density at radius 1 is 1.33 bits per heavy atom. The first-order valence-corrected chi connectivity index (χ1v) is 7.62. The van der Waals surface area contributed by atoms with Crippen molar-refractivity contribution in [2.75, 3.05) is 0 Å². The van der Waals surface area contributed by atoms with Crippen LogP contribution in [0.4, 0.5) is 0 Å². The van der Waals surface area contributed by atoms with Gasteiger partial charge in [0.15, 0.2) is 0 Å². The van der Waals surface area contributed by atoms with Crippen LogP contribution in [0.5, 0.6) is 0 Å². The predicted molar refractivity (Wildman–Crippen MR) is 93.0 cm³/mol. The van der Waals surface area contributed by atoms with Crippen LogP contribution in [0.2, 0.25) is 5.02 Å². The van der Waals surface area contributed by atoms with Crippen LogP contribution in [-0.2, 0) is 11.3 Å². The number of nitrogens with zero attached hydrogens (tertiary/aromatic N) is 2. The number of pyridine rings is 1. The second-order valence-corrected chi connectivity index (χ2v) is 5.49. The monoisotopic (exact) mass is 336 g/mol. The van der Waals surface area contributed by atoms with Crippen LogP contribution >= 0.6 is 11.6 Å². The minimum Gasteiger partial charge on any atom is -0.347 e. The number of nitriles is 1. The molecule has 0 radical (unpaired) electrons. The Balaban J connectivity index is 1.79. The van der Waals surface area contributed by atoms with Crippen LogP contribution in [-0.4, -0.2) is 15.9 Å². The number of amides is 1. The summed E-state index contributed by atoms with van der Waals surface area (Å²) >= 11 is 6.06. The molecule has 1 amide bonds. The second-order valence-electron chi connectivity index (χ2n) is 5.09. The quantitative estimate of drug-likeness (QED) is 0.565. The fraction of sp³-hybridized carbons (Fsp3) is 0.0556. The zero-order valence-corrected chi connectivity index (χ0v) is 13.3. The Hall–Kier alpha value is -3.10. The number of hydrogen-bond donors (Lipinski definition) is 2. The normalized spacial score (nSPS) is 11.2. The highest BCUT2D eigenvalue weighted by molar-refractivity contribution is 6.31. The Morgan fingerprint density at radius 3 is 2.96 bits per heavy atom. The number of fused-ring (bicyclic) bond motifs is 1. The molecule has 6 heteroatoms. The highest BCUT2D eigenvalue weighted by Crippen LogP contribution is 2.19. The fourth-order valence-electron chi connectivity index (χ4n) is 2.31. The summed E-state index contributed by atoms with van der Waals surface area (Å²) in [7, 11) is 0. The molecule has 0 saturated carbocycles. The first-order valence-electron chi connectivity index (χ1n) is 7.24. The molecule has 0 aliphatic carbocycles. The highest BCUT2D eigenvalue weighted by Gasteiger charge is 2.11. The predicted octanol–water partition coefficient (Wildman–Crippen LogP) is 3.44. The van der Waals surface area contributed by atoms with Crippen molar-refractivity contribution in [2.24, 2.45) is 0 Å². The number of H-pyrrole nitrogens is 1. The highest BCUT2D eigenvalue weighted by atomic mass is 35.5. The number of nitrogens with one attached hydrogen (secondary N) is 2. The van der Waals surface area contributed by atoms with Crippen molar-refractivity contribution in [2.45, 2.75) is 6.54 Å². The molecule has 3 rings (SSSR count). The first kappa shape index (κ1) is 15.8. The Labute approximate surface area is 143 Å². The Bertz CT molecular complexity index is 968. The van der Waals surface area contributed by atoms with E-state index in [1.807, 2.05) is 30.3 Å². The van der Waals surface area contributed by atoms with E-state index in [4.69, 9.17) is 11.6 Å². The molecule has 0 aliphatic rings. The lowest BCUT2D eigenvalue weighted by molar-refractivity contribution is -0.117. The lowest BCUT2D eigenvalue weighted by Crippen LogP contribution is -2.24. The van der Waals surface area contributed by atoms with Gasteiger partial charge in [0.25, 0.3) is 5.91 Å². The lowest BCUT2D eigenvalue weighted by Gasteiger charge is -2.06. The van der Waals surface area contributed by atoms with Crippen LogP contribution in [0.1, 0.15) is 11.1 Å². The van der Waals surface area contributed by atoms with Gasteiger partial charge in [-0.25, -0.2) is 4.98 Å². The maximum absolute atomic E-state index is 12.3. The molecular formula is C18H13ClN4O. The number of carbonyl (C=O) groups is 1. The van der Waals surface area contributed by atoms with Gasteiger partial charge in [0.05, 0.1) is 0 Å². The molecule has 0 saturated heterocycles. The average molecular weight is 337 g/mol. The number of aromatic amines is 1. The van der Waals surface area contributed by atoms with Gasteiger partial charge in [-0.05, 0) is 29.8 Å². The van der Waals surface area contributed by atoms with Crippen LogP contribution in [0.15, 0.2) is 54.4 Å². The molecule has 2 aromatic heterocycles. The number of aromatic nitrogens is 2. The zero-order chi connectivity index (χ0) is 16.9. The summed E-state index contributed by atoms with van der Waals surface area (Å²) in [5.74, 6) is -0.448.